The predicted molar refractivity (Wildman–Crippen MR) is 532 cm³/mol. The van der Waals surface area contributed by atoms with Crippen LogP contribution in [0.1, 0.15) is 144 Å². The number of nitrogens with zero attached hydrogens (tertiary/aromatic N) is 8. The Morgan fingerprint density at radius 3 is 1.22 bits per heavy atom. The molecule has 0 saturated carbocycles. The Kier molecular flexibility index (Phi) is 25.7. The zero-order valence-corrected chi connectivity index (χ0v) is 77.9. The molecule has 18 aromatic rings. The molecule has 10 heterocycles. The van der Waals surface area contributed by atoms with E-state index in [1.54, 1.807) is 109 Å². The number of H-pyrrole nitrogens is 2. The number of fused-ring (bicyclic) bond motifs is 8. The van der Waals surface area contributed by atoms with Crippen LogP contribution < -0.4 is 15.9 Å². The fourth-order valence-electron chi connectivity index (χ4n) is 17.9. The van der Waals surface area contributed by atoms with Gasteiger partial charge in [0.1, 0.15) is 32.8 Å². The lowest BCUT2D eigenvalue weighted by Crippen LogP contribution is -2.12. The van der Waals surface area contributed by atoms with Crippen LogP contribution in [-0.2, 0) is 35.8 Å². The molecule has 20 rings (SSSR count). The number of benzene rings is 8. The number of hydrogen-bond acceptors (Lipinski definition) is 13. The molecule has 0 atom stereocenters. The molecule has 0 aliphatic heterocycles. The second-order valence-electron chi connectivity index (χ2n) is 33.2. The number of allylic oxidation sites excluding steroid dienone is 8. The molecule has 0 spiro atoms. The highest BCUT2D eigenvalue weighted by molar-refractivity contribution is 6.36. The largest absolute Gasteiger partial charge is 0.497 e. The van der Waals surface area contributed by atoms with Crippen LogP contribution in [0, 0.1) is 46.3 Å². The van der Waals surface area contributed by atoms with E-state index in [0.717, 1.165) is 87.7 Å². The predicted octanol–water partition coefficient (Wildman–Crippen LogP) is 25.4. The minimum Gasteiger partial charge on any atom is -0.497 e. The molecule has 26 heteroatoms. The number of aromatic amines is 2. The zero-order chi connectivity index (χ0) is 94.7. The monoisotopic (exact) mass is 1880 g/mol. The summed E-state index contributed by atoms with van der Waals surface area (Å²) in [5, 5.41) is 8.69. The summed E-state index contributed by atoms with van der Waals surface area (Å²) in [6.07, 6.45) is 16.1. The summed E-state index contributed by atoms with van der Waals surface area (Å²) in [6.45, 7) is 16.3. The van der Waals surface area contributed by atoms with Crippen molar-refractivity contribution in [3.05, 3.63) is 379 Å². The number of para-hydroxylation sites is 3. The van der Waals surface area contributed by atoms with E-state index in [1.165, 1.54) is 46.0 Å². The smallest absolute Gasteiger partial charge is 0.255 e. The second-order valence-corrected chi connectivity index (χ2v) is 35.1. The first-order chi connectivity index (χ1) is 64.3. The van der Waals surface area contributed by atoms with Gasteiger partial charge in [0.25, 0.3) is 11.1 Å². The van der Waals surface area contributed by atoms with Gasteiger partial charge in [0, 0.05) is 186 Å². The van der Waals surface area contributed by atoms with Crippen molar-refractivity contribution in [1.82, 2.24) is 48.2 Å². The number of aromatic nitrogens is 10. The van der Waals surface area contributed by atoms with Crippen molar-refractivity contribution < 1.29 is 42.3 Å². The van der Waals surface area contributed by atoms with Gasteiger partial charge in [-0.15, -0.1) is 0 Å². The second kappa shape index (κ2) is 37.7. The van der Waals surface area contributed by atoms with Gasteiger partial charge in [-0.2, -0.15) is 0 Å². The van der Waals surface area contributed by atoms with Crippen molar-refractivity contribution in [1.29, 1.82) is 0 Å². The number of carbonyl (C=O) groups is 6. The zero-order valence-electron chi connectivity index (χ0n) is 74.2. The lowest BCUT2D eigenvalue weighted by Gasteiger charge is -2.14. The number of carbonyl (C=O) groups excluding carboxylic acids is 6. The van der Waals surface area contributed by atoms with E-state index in [0.29, 0.717) is 162 Å². The number of ether oxygens (including phenoxy) is 1. The van der Waals surface area contributed by atoms with Gasteiger partial charge in [-0.3, -0.25) is 43.3 Å². The third-order valence-electron chi connectivity index (χ3n) is 24.4. The molecule has 0 radical (unpaired) electrons. The van der Waals surface area contributed by atoms with E-state index in [2.05, 4.69) is 42.0 Å². The number of hydrogen-bond donors (Lipinski definition) is 2. The molecule has 10 aromatic heterocycles. The first-order valence-corrected chi connectivity index (χ1v) is 44.8. The average Bonchev–Trinajstić information content (AvgIpc) is 1.20. The van der Waals surface area contributed by atoms with Gasteiger partial charge in [-0.05, 0) is 184 Å². The Labute approximate surface area is 791 Å². The van der Waals surface area contributed by atoms with Gasteiger partial charge in [0.15, 0.2) is 34.7 Å². The third kappa shape index (κ3) is 17.4. The van der Waals surface area contributed by atoms with E-state index in [4.69, 9.17) is 62.7 Å². The van der Waals surface area contributed by atoms with Crippen LogP contribution in [0.5, 0.6) is 5.75 Å². The van der Waals surface area contributed by atoms with Gasteiger partial charge in [0.05, 0.1) is 99.7 Å². The maximum atomic E-state index is 14.7. The topological polar surface area (TPSA) is 249 Å². The number of halogens is 7. The van der Waals surface area contributed by atoms with Gasteiger partial charge < -0.3 is 33.0 Å². The Morgan fingerprint density at radius 2 is 0.776 bits per heavy atom. The maximum Gasteiger partial charge on any atom is 0.255 e. The Morgan fingerprint density at radius 1 is 0.396 bits per heavy atom. The number of ketones is 6. The van der Waals surface area contributed by atoms with Crippen molar-refractivity contribution in [3.63, 3.8) is 0 Å². The number of aryl methyl sites for hydroxylation is 5. The molecule has 8 aromatic carbocycles. The SMILES string of the molecule is CC(=O)c1c(-c2ccc[nH]c2=O)c2cc(C)c(C)cc2n1Cc1cc2ccccc2nc1Cl.CC(=O)c1c(-c2ccc[nH]c2=O)c2cc(C)c(F)cc2n1Cc1cnc2ccccc2c1Cl.CC(=O)c1c(C2=CC=CCC2=O)c2cc(C)c(Cl)cc2n1Cc1cc2ccccc2nc1Cl.COc1ccc2cc(Cn3c(C(C)=O)c(C4=CC=CCC4=O)c4cc(C)c(F)cc43)c(Cl)nc2c1. The molecule has 0 fully saturated rings. The molecule has 19 nitrogen and oxygen atoms in total. The highest BCUT2D eigenvalue weighted by atomic mass is 35.5. The van der Waals surface area contributed by atoms with Crippen molar-refractivity contribution in [2.24, 2.45) is 0 Å². The Bertz CT molecular complexity index is 8180. The molecule has 668 valence electrons. The molecule has 2 N–H and O–H groups in total. The quantitative estimate of drug-likeness (QED) is 0.0637. The summed E-state index contributed by atoms with van der Waals surface area (Å²) in [5.41, 5.74) is 17.7. The average molecular weight is 1880 g/mol. The lowest BCUT2D eigenvalue weighted by molar-refractivity contribution is -0.113. The van der Waals surface area contributed by atoms with Crippen LogP contribution in [0.3, 0.4) is 0 Å². The third-order valence-corrected chi connectivity index (χ3v) is 26.2. The highest BCUT2D eigenvalue weighted by Gasteiger charge is 2.33. The van der Waals surface area contributed by atoms with Crippen molar-refractivity contribution in [2.75, 3.05) is 7.11 Å². The van der Waals surface area contributed by atoms with Gasteiger partial charge in [-0.1, -0.05) is 149 Å². The van der Waals surface area contributed by atoms with E-state index >= 15 is 0 Å². The van der Waals surface area contributed by atoms with Gasteiger partial charge in [-0.25, -0.2) is 23.7 Å². The van der Waals surface area contributed by atoms with Crippen LogP contribution >= 0.6 is 58.0 Å². The fourth-order valence-corrected chi connectivity index (χ4v) is 18.9. The summed E-state index contributed by atoms with van der Waals surface area (Å²) in [6, 6.07) is 55.5. The molecule has 2 aliphatic rings. The first-order valence-electron chi connectivity index (χ1n) is 42.9. The molecule has 0 unspecified atom stereocenters. The molecule has 134 heavy (non-hydrogen) atoms. The van der Waals surface area contributed by atoms with Crippen molar-refractivity contribution in [3.8, 4) is 28.0 Å². The van der Waals surface area contributed by atoms with Crippen LogP contribution in [0.15, 0.2) is 247 Å². The van der Waals surface area contributed by atoms with Crippen LogP contribution in [0.4, 0.5) is 8.78 Å². The number of Topliss-reactive ketones (excluding diaryl/α,β-unsaturated/α-hetero) is 6. The van der Waals surface area contributed by atoms with E-state index in [-0.39, 0.29) is 70.5 Å². The minimum absolute atomic E-state index is 0.0166. The molecular weight excluding hydrogens is 1800 g/mol. The summed E-state index contributed by atoms with van der Waals surface area (Å²) in [7, 11) is 1.58. The first kappa shape index (κ1) is 91.4. The lowest BCUT2D eigenvalue weighted by atomic mass is 9.92. The summed E-state index contributed by atoms with van der Waals surface area (Å²) < 4.78 is 42.0. The highest BCUT2D eigenvalue weighted by Crippen LogP contribution is 2.44. The minimum atomic E-state index is -0.396. The molecule has 0 amide bonds. The fraction of sp³-hybridized carbons (Fsp3) is 0.148. The normalized spacial score (nSPS) is 12.5. The molecular formula is C108H83Cl5F2N10O9. The van der Waals surface area contributed by atoms with Crippen LogP contribution in [0.2, 0.25) is 25.5 Å². The van der Waals surface area contributed by atoms with Gasteiger partial charge in [0.2, 0.25) is 0 Å². The van der Waals surface area contributed by atoms with Crippen molar-refractivity contribution in [2.45, 2.75) is 101 Å². The standard InChI is InChI=1S/C28H22ClFN2O3.C27H20Cl2N2O2.C27H22ClN3O2.C26H19ClFN3O2/c1-15-10-21-24(13-22(15)30)32(27(16(2)33)26(21)20-6-4-5-7-25(20)34)14-18-11-17-8-9-19(35-3)12-23(17)31-28(18)29;1-15-11-20-23(13-21(15)28)31(14-18-12-17-7-3-5-9-22(17)30-27(18)29)26(16(2)32)25(20)19-8-4-6-10-24(19)33;1-15-11-21-23(12-16(15)2)31(14-19-13-18-7-4-5-9-22(18)30-26(19)28)25(17(3)32)24(21)20-8-6-10-29-27(20)33;1-14-10-19-22(11-20(14)28)31(13-16-12-30-21-8-4-3-6-17(21)24(16)27)25(15(2)32)23(19)18-7-5-9-29-26(18)33/h4-6,8-13H,7,14H2,1-3H3;3-9,11-13H,10,14H2,1-2H3;4-13H,14H2,1-3H3,(H,29,33);3-12H,13H2,1-2H3,(H,29,33). The molecule has 0 bridgehead atoms. The summed E-state index contributed by atoms with van der Waals surface area (Å²) in [4.78, 5) is 127. The molecule has 2 aliphatic carbocycles. The number of methoxy groups -OCH3 is 1. The number of pyridine rings is 6. The van der Waals surface area contributed by atoms with Crippen molar-refractivity contribution >= 4 is 191 Å². The Hall–Kier alpha value is -14.5. The van der Waals surface area contributed by atoms with Crippen LogP contribution in [-0.4, -0.2) is 90.0 Å². The summed E-state index contributed by atoms with van der Waals surface area (Å²) in [5.74, 6) is -0.956. The van der Waals surface area contributed by atoms with E-state index < -0.39 is 11.6 Å². The Balaban J connectivity index is 0.000000124. The number of nitrogens with one attached hydrogen (secondary N) is 2. The number of rotatable bonds is 17. The van der Waals surface area contributed by atoms with Crippen LogP contribution in [0.25, 0.3) is 121 Å². The van der Waals surface area contributed by atoms with E-state index in [9.17, 15) is 47.1 Å². The van der Waals surface area contributed by atoms with E-state index in [1.807, 2.05) is 157 Å². The maximum absolute atomic E-state index is 14.7. The molecule has 0 saturated heterocycles. The van der Waals surface area contributed by atoms with Gasteiger partial charge >= 0.3 is 0 Å². The summed E-state index contributed by atoms with van der Waals surface area (Å²) >= 11 is 32.9.